The lowest BCUT2D eigenvalue weighted by molar-refractivity contribution is -0.141. The summed E-state index contributed by atoms with van der Waals surface area (Å²) in [6, 6.07) is 12.4. The third-order valence-electron chi connectivity index (χ3n) is 4.71. The van der Waals surface area contributed by atoms with Crippen LogP contribution < -0.4 is 0 Å². The Labute approximate surface area is 154 Å². The molecule has 140 valence electrons. The SMILES string of the molecule is FC(F)(F)c1ccc(Cn2cnc(-c3ccccc3)c2[C@@H]2CCOC2)cn1. The van der Waals surface area contributed by atoms with Crippen LogP contribution in [0.25, 0.3) is 11.3 Å². The Bertz CT molecular complexity index is 898. The molecule has 0 amide bonds. The van der Waals surface area contributed by atoms with E-state index in [0.29, 0.717) is 25.3 Å². The van der Waals surface area contributed by atoms with Crippen LogP contribution >= 0.6 is 0 Å². The van der Waals surface area contributed by atoms with Gasteiger partial charge in [-0.1, -0.05) is 36.4 Å². The van der Waals surface area contributed by atoms with Crippen LogP contribution in [0, 0.1) is 0 Å². The number of halogens is 3. The highest BCUT2D eigenvalue weighted by atomic mass is 19.4. The van der Waals surface area contributed by atoms with Crippen LogP contribution in [-0.2, 0) is 17.5 Å². The molecule has 1 fully saturated rings. The summed E-state index contributed by atoms with van der Waals surface area (Å²) in [5.41, 5.74) is 2.78. The summed E-state index contributed by atoms with van der Waals surface area (Å²) >= 11 is 0. The van der Waals surface area contributed by atoms with E-state index in [9.17, 15) is 13.2 Å². The average Bonchev–Trinajstić information content (AvgIpc) is 3.31. The smallest absolute Gasteiger partial charge is 0.381 e. The standard InChI is InChI=1S/C20H18F3N3O/c21-20(22,23)17-7-6-14(10-24-17)11-26-13-25-18(15-4-2-1-3-5-15)19(26)16-8-9-27-12-16/h1-7,10,13,16H,8-9,11-12H2/t16-/m1/s1. The number of imidazole rings is 1. The molecule has 27 heavy (non-hydrogen) atoms. The Morgan fingerprint density at radius 3 is 2.52 bits per heavy atom. The van der Waals surface area contributed by atoms with E-state index in [2.05, 4.69) is 9.97 Å². The summed E-state index contributed by atoms with van der Waals surface area (Å²) in [5.74, 6) is 0.213. The number of hydrogen-bond acceptors (Lipinski definition) is 3. The van der Waals surface area contributed by atoms with Gasteiger partial charge < -0.3 is 9.30 Å². The molecule has 1 aromatic carbocycles. The molecule has 7 heteroatoms. The average molecular weight is 373 g/mol. The summed E-state index contributed by atoms with van der Waals surface area (Å²) in [6.07, 6.45) is -0.509. The molecule has 0 bridgehead atoms. The summed E-state index contributed by atoms with van der Waals surface area (Å²) in [6.45, 7) is 1.74. The van der Waals surface area contributed by atoms with E-state index in [1.165, 1.54) is 12.3 Å². The van der Waals surface area contributed by atoms with Gasteiger partial charge in [0.1, 0.15) is 5.69 Å². The molecular weight excluding hydrogens is 355 g/mol. The predicted octanol–water partition coefficient (Wildman–Crippen LogP) is 4.52. The maximum Gasteiger partial charge on any atom is 0.433 e. The van der Waals surface area contributed by atoms with Crippen molar-refractivity contribution in [1.29, 1.82) is 0 Å². The van der Waals surface area contributed by atoms with Crippen molar-refractivity contribution in [2.24, 2.45) is 0 Å². The zero-order chi connectivity index (χ0) is 18.9. The monoisotopic (exact) mass is 373 g/mol. The fourth-order valence-corrected chi connectivity index (χ4v) is 3.40. The molecule has 1 saturated heterocycles. The van der Waals surface area contributed by atoms with Crippen molar-refractivity contribution in [3.63, 3.8) is 0 Å². The molecule has 4 rings (SSSR count). The first kappa shape index (κ1) is 17.7. The molecule has 0 spiro atoms. The molecular formula is C20H18F3N3O. The number of benzene rings is 1. The normalized spacial score (nSPS) is 17.4. The minimum Gasteiger partial charge on any atom is -0.381 e. The summed E-state index contributed by atoms with van der Waals surface area (Å²) in [5, 5.41) is 0. The Kier molecular flexibility index (Phi) is 4.70. The van der Waals surface area contributed by atoms with Crippen LogP contribution in [0.3, 0.4) is 0 Å². The first-order valence-corrected chi connectivity index (χ1v) is 8.72. The molecule has 4 nitrogen and oxygen atoms in total. The number of hydrogen-bond donors (Lipinski definition) is 0. The Hall–Kier alpha value is -2.67. The zero-order valence-electron chi connectivity index (χ0n) is 14.5. The maximum atomic E-state index is 12.7. The molecule has 0 radical (unpaired) electrons. The van der Waals surface area contributed by atoms with Gasteiger partial charge in [-0.25, -0.2) is 4.98 Å². The summed E-state index contributed by atoms with van der Waals surface area (Å²) < 4.78 is 45.7. The zero-order valence-corrected chi connectivity index (χ0v) is 14.5. The van der Waals surface area contributed by atoms with Crippen molar-refractivity contribution in [2.45, 2.75) is 25.1 Å². The fourth-order valence-electron chi connectivity index (χ4n) is 3.40. The second-order valence-electron chi connectivity index (χ2n) is 6.58. The maximum absolute atomic E-state index is 12.7. The van der Waals surface area contributed by atoms with E-state index < -0.39 is 11.9 Å². The second kappa shape index (κ2) is 7.15. The van der Waals surface area contributed by atoms with Gasteiger partial charge in [-0.2, -0.15) is 13.2 Å². The molecule has 3 heterocycles. The number of alkyl halides is 3. The van der Waals surface area contributed by atoms with Crippen molar-refractivity contribution in [1.82, 2.24) is 14.5 Å². The first-order valence-electron chi connectivity index (χ1n) is 8.72. The van der Waals surface area contributed by atoms with Crippen molar-refractivity contribution in [3.05, 3.63) is 71.9 Å². The number of nitrogens with zero attached hydrogens (tertiary/aromatic N) is 3. The Morgan fingerprint density at radius 1 is 1.07 bits per heavy atom. The highest BCUT2D eigenvalue weighted by Crippen LogP contribution is 2.34. The molecule has 1 atom stereocenters. The lowest BCUT2D eigenvalue weighted by atomic mass is 9.99. The van der Waals surface area contributed by atoms with E-state index in [0.717, 1.165) is 29.4 Å². The quantitative estimate of drug-likeness (QED) is 0.675. The minimum absolute atomic E-state index is 0.213. The van der Waals surface area contributed by atoms with Gasteiger partial charge in [-0.05, 0) is 18.1 Å². The van der Waals surface area contributed by atoms with Crippen molar-refractivity contribution in [3.8, 4) is 11.3 Å². The van der Waals surface area contributed by atoms with Crippen LogP contribution in [0.5, 0.6) is 0 Å². The van der Waals surface area contributed by atoms with Crippen LogP contribution in [0.4, 0.5) is 13.2 Å². The number of ether oxygens (including phenoxy) is 1. The third kappa shape index (κ3) is 3.73. The van der Waals surface area contributed by atoms with Gasteiger partial charge in [-0.3, -0.25) is 4.98 Å². The largest absolute Gasteiger partial charge is 0.433 e. The third-order valence-corrected chi connectivity index (χ3v) is 4.71. The summed E-state index contributed by atoms with van der Waals surface area (Å²) in [7, 11) is 0. The van der Waals surface area contributed by atoms with E-state index in [-0.39, 0.29) is 5.92 Å². The van der Waals surface area contributed by atoms with Crippen LogP contribution in [0.15, 0.2) is 55.0 Å². The number of pyridine rings is 1. The molecule has 0 N–H and O–H groups in total. The molecule has 1 aliphatic rings. The van der Waals surface area contributed by atoms with Gasteiger partial charge in [0.15, 0.2) is 0 Å². The lowest BCUT2D eigenvalue weighted by Crippen LogP contribution is -2.11. The molecule has 2 aromatic heterocycles. The summed E-state index contributed by atoms with van der Waals surface area (Å²) in [4.78, 5) is 8.15. The highest BCUT2D eigenvalue weighted by Gasteiger charge is 2.32. The van der Waals surface area contributed by atoms with E-state index in [1.54, 1.807) is 6.33 Å². The van der Waals surface area contributed by atoms with Crippen LogP contribution in [0.1, 0.15) is 29.3 Å². The van der Waals surface area contributed by atoms with Crippen molar-refractivity contribution in [2.75, 3.05) is 13.2 Å². The van der Waals surface area contributed by atoms with Gasteiger partial charge in [0.05, 0.1) is 30.9 Å². The predicted molar refractivity (Wildman–Crippen MR) is 94.2 cm³/mol. The van der Waals surface area contributed by atoms with Crippen molar-refractivity contribution >= 4 is 0 Å². The van der Waals surface area contributed by atoms with Crippen LogP contribution in [-0.4, -0.2) is 27.7 Å². The van der Waals surface area contributed by atoms with E-state index in [4.69, 9.17) is 4.74 Å². The van der Waals surface area contributed by atoms with Gasteiger partial charge in [0.2, 0.25) is 0 Å². The molecule has 0 aliphatic carbocycles. The van der Waals surface area contributed by atoms with E-state index >= 15 is 0 Å². The second-order valence-corrected chi connectivity index (χ2v) is 6.58. The van der Waals surface area contributed by atoms with Gasteiger partial charge in [0.25, 0.3) is 0 Å². The molecule has 1 aliphatic heterocycles. The van der Waals surface area contributed by atoms with Crippen LogP contribution in [0.2, 0.25) is 0 Å². The van der Waals surface area contributed by atoms with E-state index in [1.807, 2.05) is 34.9 Å². The lowest BCUT2D eigenvalue weighted by Gasteiger charge is -2.15. The fraction of sp³-hybridized carbons (Fsp3) is 0.300. The van der Waals surface area contributed by atoms with Gasteiger partial charge in [0, 0.05) is 24.3 Å². The Morgan fingerprint density at radius 2 is 1.89 bits per heavy atom. The van der Waals surface area contributed by atoms with Gasteiger partial charge in [-0.15, -0.1) is 0 Å². The minimum atomic E-state index is -4.43. The van der Waals surface area contributed by atoms with Gasteiger partial charge >= 0.3 is 6.18 Å². The highest BCUT2D eigenvalue weighted by molar-refractivity contribution is 5.62. The topological polar surface area (TPSA) is 39.9 Å². The number of rotatable bonds is 4. The van der Waals surface area contributed by atoms with Crippen molar-refractivity contribution < 1.29 is 17.9 Å². The molecule has 3 aromatic rings. The first-order chi connectivity index (χ1) is 13.0. The Balaban J connectivity index is 1.67. The number of aromatic nitrogens is 3. The molecule has 0 saturated carbocycles. The molecule has 0 unspecified atom stereocenters.